The quantitative estimate of drug-likeness (QED) is 0.616. The molecule has 0 aromatic carbocycles. The maximum absolute atomic E-state index is 11.9. The molecule has 0 radical (unpaired) electrons. The Balaban J connectivity index is 2.00. The van der Waals surface area contributed by atoms with Crippen molar-refractivity contribution in [3.63, 3.8) is 0 Å². The van der Waals surface area contributed by atoms with Crippen molar-refractivity contribution in [2.24, 2.45) is 11.8 Å². The van der Waals surface area contributed by atoms with E-state index < -0.39 is 0 Å². The van der Waals surface area contributed by atoms with Crippen LogP contribution in [0.2, 0.25) is 5.02 Å². The highest BCUT2D eigenvalue weighted by atomic mass is 35.5. The van der Waals surface area contributed by atoms with Gasteiger partial charge in [-0.2, -0.15) is 0 Å². The van der Waals surface area contributed by atoms with Crippen LogP contribution in [0.5, 0.6) is 0 Å². The highest BCUT2D eigenvalue weighted by Crippen LogP contribution is 2.43. The first kappa shape index (κ1) is 11.6. The molecule has 86 valence electrons. The van der Waals surface area contributed by atoms with Gasteiger partial charge in [-0.25, -0.2) is 0 Å². The Morgan fingerprint density at radius 3 is 2.88 bits per heavy atom. The van der Waals surface area contributed by atoms with Gasteiger partial charge in [0.15, 0.2) is 5.78 Å². The second-order valence-corrected chi connectivity index (χ2v) is 4.99. The smallest absolute Gasteiger partial charge is 0.309 e. The minimum Gasteiger partial charge on any atom is -0.466 e. The minimum atomic E-state index is -0.270. The lowest BCUT2D eigenvalue weighted by molar-refractivity contribution is -0.144. The fourth-order valence-electron chi connectivity index (χ4n) is 1.63. The topological polar surface area (TPSA) is 43.4 Å². The Bertz CT molecular complexity index is 427. The van der Waals surface area contributed by atoms with Crippen LogP contribution in [-0.2, 0) is 9.53 Å². The second kappa shape index (κ2) is 4.55. The van der Waals surface area contributed by atoms with E-state index >= 15 is 0 Å². The zero-order valence-electron chi connectivity index (χ0n) is 8.73. The van der Waals surface area contributed by atoms with Crippen molar-refractivity contribution >= 4 is 34.7 Å². The molecule has 2 atom stereocenters. The fourth-order valence-corrected chi connectivity index (χ4v) is 2.79. The van der Waals surface area contributed by atoms with E-state index in [4.69, 9.17) is 16.3 Å². The maximum Gasteiger partial charge on any atom is 0.309 e. The summed E-state index contributed by atoms with van der Waals surface area (Å²) in [5, 5.41) is 2.25. The highest BCUT2D eigenvalue weighted by molar-refractivity contribution is 7.12. The number of ether oxygens (including phenoxy) is 1. The van der Waals surface area contributed by atoms with Crippen molar-refractivity contribution in [2.45, 2.75) is 13.3 Å². The van der Waals surface area contributed by atoms with Gasteiger partial charge in [-0.15, -0.1) is 11.3 Å². The summed E-state index contributed by atoms with van der Waals surface area (Å²) in [6, 6.07) is 1.70. The van der Waals surface area contributed by atoms with Gasteiger partial charge in [-0.1, -0.05) is 11.6 Å². The van der Waals surface area contributed by atoms with E-state index in [1.54, 1.807) is 18.4 Å². The summed E-state index contributed by atoms with van der Waals surface area (Å²) >= 11 is 7.19. The van der Waals surface area contributed by atoms with E-state index in [2.05, 4.69) is 0 Å². The number of esters is 1. The van der Waals surface area contributed by atoms with Crippen molar-refractivity contribution in [3.8, 4) is 0 Å². The highest BCUT2D eigenvalue weighted by Gasteiger charge is 2.49. The van der Waals surface area contributed by atoms with Crippen molar-refractivity contribution in [2.75, 3.05) is 6.61 Å². The SMILES string of the molecule is CCOC(=O)C1CC1C(=O)c1sccc1Cl. The third-order valence-electron chi connectivity index (χ3n) is 2.56. The van der Waals surface area contributed by atoms with Crippen LogP contribution in [0.4, 0.5) is 0 Å². The Morgan fingerprint density at radius 1 is 1.56 bits per heavy atom. The molecular weight excluding hydrogens is 248 g/mol. The molecule has 0 N–H and O–H groups in total. The zero-order chi connectivity index (χ0) is 11.7. The number of rotatable bonds is 4. The number of thiophene rings is 1. The van der Waals surface area contributed by atoms with E-state index in [1.165, 1.54) is 11.3 Å². The Hall–Kier alpha value is -0.870. The molecule has 2 unspecified atom stereocenters. The third-order valence-corrected chi connectivity index (χ3v) is 3.91. The van der Waals surface area contributed by atoms with Gasteiger partial charge in [0.25, 0.3) is 0 Å². The molecule has 1 aromatic rings. The average molecular weight is 259 g/mol. The van der Waals surface area contributed by atoms with Gasteiger partial charge in [0.2, 0.25) is 0 Å². The van der Waals surface area contributed by atoms with Crippen LogP contribution in [0.1, 0.15) is 23.0 Å². The number of carbonyl (C=O) groups excluding carboxylic acids is 2. The second-order valence-electron chi connectivity index (χ2n) is 3.66. The summed E-state index contributed by atoms with van der Waals surface area (Å²) in [4.78, 5) is 23.9. The largest absolute Gasteiger partial charge is 0.466 e. The molecule has 1 saturated carbocycles. The summed E-state index contributed by atoms with van der Waals surface area (Å²) in [6.07, 6.45) is 0.589. The van der Waals surface area contributed by atoms with Gasteiger partial charge in [0.1, 0.15) is 0 Å². The van der Waals surface area contributed by atoms with Crippen LogP contribution in [-0.4, -0.2) is 18.4 Å². The average Bonchev–Trinajstić information content (AvgIpc) is 2.94. The Kier molecular flexibility index (Phi) is 3.30. The molecule has 1 fully saturated rings. The van der Waals surface area contributed by atoms with Crippen molar-refractivity contribution in [3.05, 3.63) is 21.3 Å². The Morgan fingerprint density at radius 2 is 2.31 bits per heavy atom. The van der Waals surface area contributed by atoms with Crippen LogP contribution in [0.25, 0.3) is 0 Å². The molecule has 5 heteroatoms. The van der Waals surface area contributed by atoms with Crippen LogP contribution in [0.3, 0.4) is 0 Å². The first-order chi connectivity index (χ1) is 7.65. The molecule has 0 bridgehead atoms. The fraction of sp³-hybridized carbons (Fsp3) is 0.455. The molecule has 0 aliphatic heterocycles. The lowest BCUT2D eigenvalue weighted by Gasteiger charge is -2.00. The van der Waals surface area contributed by atoms with E-state index in [9.17, 15) is 9.59 Å². The van der Waals surface area contributed by atoms with Gasteiger partial charge in [0, 0.05) is 5.92 Å². The molecule has 16 heavy (non-hydrogen) atoms. The number of hydrogen-bond acceptors (Lipinski definition) is 4. The van der Waals surface area contributed by atoms with E-state index in [-0.39, 0.29) is 23.6 Å². The number of halogens is 1. The summed E-state index contributed by atoms with van der Waals surface area (Å²) in [5.41, 5.74) is 0. The van der Waals surface area contributed by atoms with Gasteiger partial charge < -0.3 is 4.74 Å². The number of hydrogen-bond donors (Lipinski definition) is 0. The lowest BCUT2D eigenvalue weighted by atomic mass is 10.2. The van der Waals surface area contributed by atoms with Gasteiger partial charge in [-0.3, -0.25) is 9.59 Å². The normalized spacial score (nSPS) is 22.9. The summed E-state index contributed by atoms with van der Waals surface area (Å²) in [6.45, 7) is 2.11. The van der Waals surface area contributed by atoms with E-state index in [1.807, 2.05) is 0 Å². The predicted octanol–water partition coefficient (Wildman–Crippen LogP) is 2.78. The molecule has 1 aliphatic carbocycles. The predicted molar refractivity (Wildman–Crippen MR) is 61.9 cm³/mol. The molecule has 3 nitrogen and oxygen atoms in total. The van der Waals surface area contributed by atoms with Crippen LogP contribution >= 0.6 is 22.9 Å². The van der Waals surface area contributed by atoms with Crippen LogP contribution in [0, 0.1) is 11.8 Å². The van der Waals surface area contributed by atoms with Crippen LogP contribution < -0.4 is 0 Å². The molecule has 1 heterocycles. The third kappa shape index (κ3) is 2.13. The number of carbonyl (C=O) groups is 2. The van der Waals surface area contributed by atoms with E-state index in [0.717, 1.165) is 0 Å². The van der Waals surface area contributed by atoms with Crippen molar-refractivity contribution < 1.29 is 14.3 Å². The number of Topliss-reactive ketones (excluding diaryl/α,β-unsaturated/α-hetero) is 1. The van der Waals surface area contributed by atoms with Gasteiger partial charge in [0.05, 0.1) is 22.4 Å². The first-order valence-corrected chi connectivity index (χ1v) is 6.34. The monoisotopic (exact) mass is 258 g/mol. The van der Waals surface area contributed by atoms with Gasteiger partial charge in [-0.05, 0) is 24.8 Å². The maximum atomic E-state index is 11.9. The lowest BCUT2D eigenvalue weighted by Crippen LogP contribution is -2.11. The molecule has 1 aromatic heterocycles. The molecule has 0 spiro atoms. The summed E-state index contributed by atoms with van der Waals surface area (Å²) in [5.74, 6) is -0.785. The standard InChI is InChI=1S/C11H11ClO3S/c1-2-15-11(14)7-5-6(7)9(13)10-8(12)3-4-16-10/h3-4,6-7H,2,5H2,1H3. The first-order valence-electron chi connectivity index (χ1n) is 5.09. The van der Waals surface area contributed by atoms with Crippen molar-refractivity contribution in [1.29, 1.82) is 0 Å². The molecule has 2 rings (SSSR count). The molecule has 1 aliphatic rings. The van der Waals surface area contributed by atoms with E-state index in [0.29, 0.717) is 22.9 Å². The zero-order valence-corrected chi connectivity index (χ0v) is 10.3. The minimum absolute atomic E-state index is 0.0296. The molecule has 0 amide bonds. The number of ketones is 1. The molecular formula is C11H11ClO3S. The van der Waals surface area contributed by atoms with Crippen molar-refractivity contribution in [1.82, 2.24) is 0 Å². The molecule has 0 saturated heterocycles. The summed E-state index contributed by atoms with van der Waals surface area (Å²) in [7, 11) is 0. The van der Waals surface area contributed by atoms with Gasteiger partial charge >= 0.3 is 5.97 Å². The Labute approximate surface area is 102 Å². The summed E-state index contributed by atoms with van der Waals surface area (Å²) < 4.78 is 4.87. The van der Waals surface area contributed by atoms with Crippen LogP contribution in [0.15, 0.2) is 11.4 Å².